The Bertz CT molecular complexity index is 1270. The van der Waals surface area contributed by atoms with Crippen LogP contribution in [-0.2, 0) is 21.4 Å². The van der Waals surface area contributed by atoms with Gasteiger partial charge in [0.05, 0.1) is 33.4 Å². The van der Waals surface area contributed by atoms with Gasteiger partial charge >= 0.3 is 0 Å². The number of anilines is 2. The van der Waals surface area contributed by atoms with Crippen LogP contribution in [0, 0.1) is 0 Å². The van der Waals surface area contributed by atoms with Crippen LogP contribution in [0.25, 0.3) is 10.2 Å². The number of thiazole rings is 1. The Balaban J connectivity index is 1.66. The minimum atomic E-state index is -0.849. The number of para-hydroxylation sites is 1. The summed E-state index contributed by atoms with van der Waals surface area (Å²) in [6.07, 6.45) is 0.462. The molecule has 1 heterocycles. The summed E-state index contributed by atoms with van der Waals surface area (Å²) in [5.74, 6) is 0.121. The van der Waals surface area contributed by atoms with Crippen LogP contribution < -0.4 is 15.4 Å². The van der Waals surface area contributed by atoms with Crippen molar-refractivity contribution in [2.24, 2.45) is 0 Å². The highest BCUT2D eigenvalue weighted by Crippen LogP contribution is 2.34. The van der Waals surface area contributed by atoms with Crippen molar-refractivity contribution in [2.75, 3.05) is 17.7 Å². The lowest BCUT2D eigenvalue weighted by molar-refractivity contribution is -0.121. The number of aromatic nitrogens is 1. The lowest BCUT2D eigenvalue weighted by Gasteiger charge is -2.28. The smallest absolute Gasteiger partial charge is 0.235 e. The van der Waals surface area contributed by atoms with Gasteiger partial charge in [-0.3, -0.25) is 9.59 Å². The van der Waals surface area contributed by atoms with E-state index in [0.717, 1.165) is 20.8 Å². The summed E-state index contributed by atoms with van der Waals surface area (Å²) < 4.78 is 6.49. The van der Waals surface area contributed by atoms with Crippen LogP contribution in [-0.4, -0.2) is 23.9 Å². The Labute approximate surface area is 196 Å². The zero-order valence-electron chi connectivity index (χ0n) is 18.7. The second-order valence-electron chi connectivity index (χ2n) is 8.00. The quantitative estimate of drug-likeness (QED) is 0.388. The van der Waals surface area contributed by atoms with E-state index in [9.17, 15) is 9.59 Å². The minimum absolute atomic E-state index is 0.151. The summed E-state index contributed by atoms with van der Waals surface area (Å²) in [5, 5.41) is 6.66. The number of carbonyl (C=O) groups excluding carboxylic acids is 2. The van der Waals surface area contributed by atoms with Gasteiger partial charge in [-0.1, -0.05) is 42.5 Å². The first-order valence-corrected chi connectivity index (χ1v) is 11.4. The van der Waals surface area contributed by atoms with E-state index in [1.807, 2.05) is 61.5 Å². The SMILES string of the molecule is COc1cc(NC(=O)C(C)(Cc2nc3ccccc3s2)c2ccccc2)ccc1NC(C)=O. The molecule has 4 rings (SSSR count). The molecule has 0 saturated carbocycles. The number of nitrogens with zero attached hydrogens (tertiary/aromatic N) is 1. The fourth-order valence-corrected chi connectivity index (χ4v) is 4.87. The highest BCUT2D eigenvalue weighted by atomic mass is 32.1. The summed E-state index contributed by atoms with van der Waals surface area (Å²) >= 11 is 1.60. The molecular formula is C26H25N3O3S. The van der Waals surface area contributed by atoms with Crippen LogP contribution in [0.4, 0.5) is 11.4 Å². The average Bonchev–Trinajstić information content (AvgIpc) is 3.22. The summed E-state index contributed by atoms with van der Waals surface area (Å²) in [7, 11) is 1.52. The molecule has 2 N–H and O–H groups in total. The highest BCUT2D eigenvalue weighted by Gasteiger charge is 2.36. The molecule has 1 unspecified atom stereocenters. The summed E-state index contributed by atoms with van der Waals surface area (Å²) in [6.45, 7) is 3.37. The van der Waals surface area contributed by atoms with Gasteiger partial charge in [-0.15, -0.1) is 11.3 Å². The Kier molecular flexibility index (Phi) is 6.42. The number of benzene rings is 3. The Hall–Kier alpha value is -3.71. The predicted molar refractivity (Wildman–Crippen MR) is 133 cm³/mol. The van der Waals surface area contributed by atoms with Crippen LogP contribution in [0.3, 0.4) is 0 Å². The predicted octanol–water partition coefficient (Wildman–Crippen LogP) is 5.40. The molecule has 2 amide bonds. The van der Waals surface area contributed by atoms with Crippen molar-refractivity contribution in [3.8, 4) is 5.75 Å². The van der Waals surface area contributed by atoms with Gasteiger partial charge in [-0.05, 0) is 36.8 Å². The average molecular weight is 460 g/mol. The van der Waals surface area contributed by atoms with Crippen LogP contribution in [0.5, 0.6) is 5.75 Å². The fraction of sp³-hybridized carbons (Fsp3) is 0.192. The van der Waals surface area contributed by atoms with E-state index in [-0.39, 0.29) is 11.8 Å². The van der Waals surface area contributed by atoms with Gasteiger partial charge in [0.15, 0.2) is 0 Å². The number of hydrogen-bond acceptors (Lipinski definition) is 5. The molecule has 168 valence electrons. The number of nitrogens with one attached hydrogen (secondary N) is 2. The van der Waals surface area contributed by atoms with Crippen molar-refractivity contribution in [3.05, 3.63) is 83.4 Å². The molecule has 7 heteroatoms. The van der Waals surface area contributed by atoms with Gasteiger partial charge in [0.2, 0.25) is 11.8 Å². The molecule has 0 fully saturated rings. The summed E-state index contributed by atoms with van der Waals surface area (Å²) in [4.78, 5) is 29.9. The van der Waals surface area contributed by atoms with E-state index in [2.05, 4.69) is 10.6 Å². The zero-order valence-corrected chi connectivity index (χ0v) is 19.5. The van der Waals surface area contributed by atoms with Crippen molar-refractivity contribution in [2.45, 2.75) is 25.7 Å². The fourth-order valence-electron chi connectivity index (χ4n) is 3.75. The lowest BCUT2D eigenvalue weighted by Crippen LogP contribution is -2.39. The van der Waals surface area contributed by atoms with E-state index < -0.39 is 5.41 Å². The van der Waals surface area contributed by atoms with E-state index in [1.165, 1.54) is 14.0 Å². The standard InChI is InChI=1S/C26H25N3O3S/c1-17(30)27-20-14-13-19(15-22(20)32-3)28-25(31)26(2,18-9-5-4-6-10-18)16-24-29-21-11-7-8-12-23(21)33-24/h4-15H,16H2,1-3H3,(H,27,30)(H,28,31). The summed E-state index contributed by atoms with van der Waals surface area (Å²) in [5.41, 5.74) is 2.12. The Morgan fingerprint density at radius 3 is 2.42 bits per heavy atom. The normalized spacial score (nSPS) is 12.7. The lowest BCUT2D eigenvalue weighted by atomic mass is 9.78. The van der Waals surface area contributed by atoms with Crippen molar-refractivity contribution in [1.82, 2.24) is 4.98 Å². The van der Waals surface area contributed by atoms with Gasteiger partial charge in [0, 0.05) is 25.1 Å². The van der Waals surface area contributed by atoms with Gasteiger partial charge in [-0.2, -0.15) is 0 Å². The number of methoxy groups -OCH3 is 1. The van der Waals surface area contributed by atoms with E-state index in [1.54, 1.807) is 29.5 Å². The molecule has 0 aliphatic heterocycles. The van der Waals surface area contributed by atoms with Gasteiger partial charge in [0.1, 0.15) is 5.75 Å². The van der Waals surface area contributed by atoms with Crippen molar-refractivity contribution in [3.63, 3.8) is 0 Å². The molecule has 0 spiro atoms. The molecule has 33 heavy (non-hydrogen) atoms. The molecular weight excluding hydrogens is 434 g/mol. The topological polar surface area (TPSA) is 80.3 Å². The molecule has 3 aromatic carbocycles. The van der Waals surface area contributed by atoms with Crippen molar-refractivity contribution >= 4 is 44.7 Å². The first-order chi connectivity index (χ1) is 15.9. The van der Waals surface area contributed by atoms with Crippen LogP contribution in [0.15, 0.2) is 72.8 Å². The van der Waals surface area contributed by atoms with Crippen LogP contribution in [0.2, 0.25) is 0 Å². The maximum Gasteiger partial charge on any atom is 0.235 e. The minimum Gasteiger partial charge on any atom is -0.494 e. The zero-order chi connectivity index (χ0) is 23.4. The first kappa shape index (κ1) is 22.5. The Morgan fingerprint density at radius 2 is 1.73 bits per heavy atom. The maximum absolute atomic E-state index is 13.7. The van der Waals surface area contributed by atoms with E-state index in [0.29, 0.717) is 23.5 Å². The van der Waals surface area contributed by atoms with Gasteiger partial charge < -0.3 is 15.4 Å². The third-order valence-corrected chi connectivity index (χ3v) is 6.56. The Morgan fingerprint density at radius 1 is 1.00 bits per heavy atom. The third-order valence-electron chi connectivity index (χ3n) is 5.53. The van der Waals surface area contributed by atoms with Gasteiger partial charge in [0.25, 0.3) is 0 Å². The highest BCUT2D eigenvalue weighted by molar-refractivity contribution is 7.18. The molecule has 0 aliphatic carbocycles. The summed E-state index contributed by atoms with van der Waals surface area (Å²) in [6, 6.07) is 22.9. The number of fused-ring (bicyclic) bond motifs is 1. The van der Waals surface area contributed by atoms with E-state index >= 15 is 0 Å². The molecule has 6 nitrogen and oxygen atoms in total. The molecule has 4 aromatic rings. The largest absolute Gasteiger partial charge is 0.494 e. The number of rotatable bonds is 7. The third kappa shape index (κ3) is 4.88. The van der Waals surface area contributed by atoms with Gasteiger partial charge in [-0.25, -0.2) is 4.98 Å². The van der Waals surface area contributed by atoms with Crippen LogP contribution in [0.1, 0.15) is 24.4 Å². The second kappa shape index (κ2) is 9.42. The molecule has 0 bridgehead atoms. The maximum atomic E-state index is 13.7. The molecule has 0 aliphatic rings. The molecule has 0 saturated heterocycles. The second-order valence-corrected chi connectivity index (χ2v) is 9.12. The number of carbonyl (C=O) groups is 2. The van der Waals surface area contributed by atoms with Crippen molar-refractivity contribution < 1.29 is 14.3 Å². The number of hydrogen-bond donors (Lipinski definition) is 2. The monoisotopic (exact) mass is 459 g/mol. The van der Waals surface area contributed by atoms with Crippen molar-refractivity contribution in [1.29, 1.82) is 0 Å². The molecule has 0 radical (unpaired) electrons. The number of amides is 2. The number of ether oxygens (including phenoxy) is 1. The molecule has 1 aromatic heterocycles. The first-order valence-electron chi connectivity index (χ1n) is 10.6. The molecule has 1 atom stereocenters. The van der Waals surface area contributed by atoms with E-state index in [4.69, 9.17) is 9.72 Å². The van der Waals surface area contributed by atoms with Crippen LogP contribution >= 0.6 is 11.3 Å².